The SMILES string of the molecule is C=CC(=O)NC1CCN(S(=O)(=O)c2ccc(NC(=O)CCC34CC5CC(CC(C5)C3)C4)cc2)c2ccccc21. The first-order chi connectivity index (χ1) is 18.7. The fourth-order valence-corrected chi connectivity index (χ4v) is 9.70. The Labute approximate surface area is 231 Å². The summed E-state index contributed by atoms with van der Waals surface area (Å²) < 4.78 is 28.6. The maximum absolute atomic E-state index is 13.6. The smallest absolute Gasteiger partial charge is 0.264 e. The lowest BCUT2D eigenvalue weighted by Crippen LogP contribution is -2.46. The summed E-state index contributed by atoms with van der Waals surface area (Å²) in [5.74, 6) is 2.33. The molecule has 0 aromatic heterocycles. The van der Waals surface area contributed by atoms with Gasteiger partial charge in [-0.25, -0.2) is 8.42 Å². The number of anilines is 2. The van der Waals surface area contributed by atoms with Crippen molar-refractivity contribution in [3.8, 4) is 0 Å². The fourth-order valence-electron chi connectivity index (χ4n) is 8.20. The first-order valence-electron chi connectivity index (χ1n) is 14.2. The van der Waals surface area contributed by atoms with Gasteiger partial charge in [0, 0.05) is 18.7 Å². The number of hydrogen-bond acceptors (Lipinski definition) is 4. The molecular weight excluding hydrogens is 510 g/mol. The molecule has 0 radical (unpaired) electrons. The Morgan fingerprint density at radius 3 is 2.26 bits per heavy atom. The number of carbonyl (C=O) groups is 2. The lowest BCUT2D eigenvalue weighted by Gasteiger charge is -2.57. The van der Waals surface area contributed by atoms with Gasteiger partial charge < -0.3 is 10.6 Å². The van der Waals surface area contributed by atoms with Crippen LogP contribution in [0.5, 0.6) is 0 Å². The highest BCUT2D eigenvalue weighted by molar-refractivity contribution is 7.92. The van der Waals surface area contributed by atoms with Crippen molar-refractivity contribution < 1.29 is 18.0 Å². The lowest BCUT2D eigenvalue weighted by molar-refractivity contribution is -0.119. The van der Waals surface area contributed by atoms with Crippen molar-refractivity contribution in [3.63, 3.8) is 0 Å². The maximum Gasteiger partial charge on any atom is 0.264 e. The highest BCUT2D eigenvalue weighted by Crippen LogP contribution is 2.61. The Morgan fingerprint density at radius 2 is 1.62 bits per heavy atom. The van der Waals surface area contributed by atoms with Crippen molar-refractivity contribution in [1.82, 2.24) is 5.32 Å². The van der Waals surface area contributed by atoms with Crippen LogP contribution in [0.25, 0.3) is 0 Å². The van der Waals surface area contributed by atoms with E-state index in [1.54, 1.807) is 36.4 Å². The van der Waals surface area contributed by atoms with Crippen LogP contribution in [-0.4, -0.2) is 26.8 Å². The van der Waals surface area contributed by atoms with Crippen LogP contribution in [0.15, 0.2) is 66.1 Å². The number of hydrogen-bond donors (Lipinski definition) is 2. The van der Waals surface area contributed by atoms with Crippen molar-refractivity contribution in [2.45, 2.75) is 68.7 Å². The summed E-state index contributed by atoms with van der Waals surface area (Å²) >= 11 is 0. The van der Waals surface area contributed by atoms with Crippen molar-refractivity contribution in [3.05, 3.63) is 66.7 Å². The average Bonchev–Trinajstić information content (AvgIpc) is 2.91. The predicted octanol–water partition coefficient (Wildman–Crippen LogP) is 5.56. The molecule has 2 N–H and O–H groups in total. The largest absolute Gasteiger partial charge is 0.346 e. The van der Waals surface area contributed by atoms with Crippen LogP contribution in [0.3, 0.4) is 0 Å². The van der Waals surface area contributed by atoms with E-state index in [2.05, 4.69) is 17.2 Å². The third-order valence-corrected chi connectivity index (χ3v) is 11.3. The van der Waals surface area contributed by atoms with Gasteiger partial charge in [-0.2, -0.15) is 0 Å². The second-order valence-electron chi connectivity index (χ2n) is 12.2. The van der Waals surface area contributed by atoms with E-state index in [4.69, 9.17) is 0 Å². The highest BCUT2D eigenvalue weighted by atomic mass is 32.2. The number of sulfonamides is 1. The van der Waals surface area contributed by atoms with Crippen LogP contribution in [-0.2, 0) is 19.6 Å². The Bertz CT molecular complexity index is 1350. The molecule has 1 heterocycles. The average molecular weight is 548 g/mol. The molecule has 4 bridgehead atoms. The molecule has 7 nitrogen and oxygen atoms in total. The van der Waals surface area contributed by atoms with Crippen molar-refractivity contribution in [1.29, 1.82) is 0 Å². The molecule has 7 rings (SSSR count). The molecule has 1 atom stereocenters. The molecule has 1 unspecified atom stereocenters. The third kappa shape index (κ3) is 5.11. The Balaban J connectivity index is 1.11. The number of para-hydroxylation sites is 1. The second-order valence-corrected chi connectivity index (χ2v) is 14.0. The first-order valence-corrected chi connectivity index (χ1v) is 15.6. The van der Waals surface area contributed by atoms with Gasteiger partial charge in [0.05, 0.1) is 16.6 Å². The van der Waals surface area contributed by atoms with Gasteiger partial charge in [-0.1, -0.05) is 24.8 Å². The topological polar surface area (TPSA) is 95.6 Å². The van der Waals surface area contributed by atoms with Gasteiger partial charge in [0.1, 0.15) is 0 Å². The molecule has 8 heteroatoms. The summed E-state index contributed by atoms with van der Waals surface area (Å²) in [7, 11) is -3.83. The molecule has 2 aromatic carbocycles. The Hall–Kier alpha value is -3.13. The molecule has 39 heavy (non-hydrogen) atoms. The molecule has 2 aromatic rings. The zero-order valence-electron chi connectivity index (χ0n) is 22.3. The van der Waals surface area contributed by atoms with Gasteiger partial charge in [0.25, 0.3) is 10.0 Å². The molecule has 206 valence electrons. The number of nitrogens with zero attached hydrogens (tertiary/aromatic N) is 1. The molecule has 0 spiro atoms. The van der Waals surface area contributed by atoms with Crippen molar-refractivity contribution in [2.24, 2.45) is 23.2 Å². The molecule has 2 amide bonds. The van der Waals surface area contributed by atoms with Gasteiger partial charge >= 0.3 is 0 Å². The van der Waals surface area contributed by atoms with Crippen LogP contribution in [0.4, 0.5) is 11.4 Å². The van der Waals surface area contributed by atoms with Crippen LogP contribution in [0.1, 0.15) is 69.4 Å². The van der Waals surface area contributed by atoms with Gasteiger partial charge in [0.15, 0.2) is 0 Å². The summed E-state index contributed by atoms with van der Waals surface area (Å²) in [5, 5.41) is 5.87. The standard InChI is InChI=1S/C31H37N3O4S/c1-2-29(35)33-27-12-14-34(28-6-4-3-5-26(27)28)39(37,38)25-9-7-24(8-10-25)32-30(36)11-13-31-18-21-15-22(19-31)17-23(16-21)20-31/h2-10,21-23,27H,1,11-20H2,(H,32,36)(H,33,35). The van der Waals surface area contributed by atoms with Crippen LogP contribution in [0, 0.1) is 23.2 Å². The number of carbonyl (C=O) groups excluding carboxylic acids is 2. The summed E-state index contributed by atoms with van der Waals surface area (Å²) in [6.07, 6.45) is 11.2. The van der Waals surface area contributed by atoms with Crippen molar-refractivity contribution >= 4 is 33.2 Å². The number of rotatable bonds is 8. The van der Waals surface area contributed by atoms with E-state index >= 15 is 0 Å². The minimum absolute atomic E-state index is 0.000997. The van der Waals surface area contributed by atoms with E-state index in [0.717, 1.165) is 29.7 Å². The van der Waals surface area contributed by atoms with E-state index in [9.17, 15) is 18.0 Å². The lowest BCUT2D eigenvalue weighted by atomic mass is 9.48. The quantitative estimate of drug-likeness (QED) is 0.423. The van der Waals surface area contributed by atoms with Gasteiger partial charge in [-0.15, -0.1) is 0 Å². The van der Waals surface area contributed by atoms with Gasteiger partial charge in [0.2, 0.25) is 11.8 Å². The molecule has 1 aliphatic heterocycles. The normalized spacial score (nSPS) is 29.0. The van der Waals surface area contributed by atoms with Gasteiger partial charge in [-0.3, -0.25) is 13.9 Å². The summed E-state index contributed by atoms with van der Waals surface area (Å²) in [6, 6.07) is 13.4. The maximum atomic E-state index is 13.6. The van der Waals surface area contributed by atoms with E-state index < -0.39 is 10.0 Å². The van der Waals surface area contributed by atoms with E-state index in [0.29, 0.717) is 29.6 Å². The first kappa shape index (κ1) is 26.1. The Morgan fingerprint density at radius 1 is 0.974 bits per heavy atom. The third-order valence-electron chi connectivity index (χ3n) is 9.48. The predicted molar refractivity (Wildman–Crippen MR) is 152 cm³/mol. The summed E-state index contributed by atoms with van der Waals surface area (Å²) in [4.78, 5) is 24.9. The Kier molecular flexibility index (Phi) is 6.78. The molecule has 4 aliphatic carbocycles. The number of fused-ring (bicyclic) bond motifs is 1. The molecule has 4 fully saturated rings. The molecule has 0 saturated heterocycles. The summed E-state index contributed by atoms with van der Waals surface area (Å²) in [5.41, 5.74) is 2.28. The van der Waals surface area contributed by atoms with Crippen LogP contribution >= 0.6 is 0 Å². The molecule has 5 aliphatic rings. The monoisotopic (exact) mass is 547 g/mol. The number of nitrogens with one attached hydrogen (secondary N) is 2. The zero-order chi connectivity index (χ0) is 27.2. The second kappa shape index (κ2) is 10.1. The minimum Gasteiger partial charge on any atom is -0.346 e. The van der Waals surface area contributed by atoms with E-state index in [-0.39, 0.29) is 29.3 Å². The highest BCUT2D eigenvalue weighted by Gasteiger charge is 2.50. The van der Waals surface area contributed by atoms with E-state index in [1.165, 1.54) is 48.9 Å². The minimum atomic E-state index is -3.83. The molecule has 4 saturated carbocycles. The number of amides is 2. The molecular formula is C31H37N3O4S. The van der Waals surface area contributed by atoms with Crippen molar-refractivity contribution in [2.75, 3.05) is 16.2 Å². The summed E-state index contributed by atoms with van der Waals surface area (Å²) in [6.45, 7) is 3.74. The number of benzene rings is 2. The zero-order valence-corrected chi connectivity index (χ0v) is 23.1. The van der Waals surface area contributed by atoms with Crippen LogP contribution < -0.4 is 14.9 Å². The van der Waals surface area contributed by atoms with Crippen LogP contribution in [0.2, 0.25) is 0 Å². The van der Waals surface area contributed by atoms with E-state index in [1.807, 2.05) is 12.1 Å². The van der Waals surface area contributed by atoms with Gasteiger partial charge in [-0.05, 0) is 117 Å². The fraction of sp³-hybridized carbons (Fsp3) is 0.484.